The Morgan fingerprint density at radius 2 is 1.12 bits per heavy atom. The monoisotopic (exact) mass is 707 g/mol. The number of pyridine rings is 3. The van der Waals surface area contributed by atoms with E-state index in [1.807, 2.05) is 66.9 Å². The highest BCUT2D eigenvalue weighted by atomic mass is 79.9. The summed E-state index contributed by atoms with van der Waals surface area (Å²) in [6.45, 7) is 0. The zero-order chi connectivity index (χ0) is 28.2. The first-order chi connectivity index (χ1) is 18.9. The van der Waals surface area contributed by atoms with Gasteiger partial charge in [-0.3, -0.25) is 0 Å². The molecule has 0 aliphatic rings. The minimum Gasteiger partial charge on any atom is -0.250 e. The van der Waals surface area contributed by atoms with Gasteiger partial charge in [0.05, 0.1) is 5.03 Å². The molecule has 0 unspecified atom stereocenters. The lowest BCUT2D eigenvalue weighted by Gasteiger charge is -1.99. The Morgan fingerprint density at radius 3 is 1.45 bits per heavy atom. The summed E-state index contributed by atoms with van der Waals surface area (Å²) in [7, 11) is 1.33. The van der Waals surface area contributed by atoms with Crippen LogP contribution in [0.4, 0.5) is 0 Å². The molecular formula is C32H39BrClN3O2S3. The summed E-state index contributed by atoms with van der Waals surface area (Å²) >= 11 is 9.07. The van der Waals surface area contributed by atoms with E-state index in [4.69, 9.17) is 10.7 Å². The normalized spacial score (nSPS) is 9.21. The Labute approximate surface area is 275 Å². The molecule has 0 N–H and O–H groups in total. The topological polar surface area (TPSA) is 72.8 Å². The standard InChI is InChI=1S/C12H11NS.C7H8S.C5H4BrN.C5H4ClNO2S.3CH4/c1-2-6-11(7-3-1)10-14-12-8-4-5-9-13-12;8-6-7-4-2-1-3-5-7;6-5-3-1-2-4-7-5;6-10(8,9)5-3-1-2-4-7-5;;;/h1-9H,10H2;1-5,8H,6H2;1-4H;1-4H;3*1H4. The number of nitrogens with zero attached hydrogens (tertiary/aromatic N) is 3. The van der Waals surface area contributed by atoms with Gasteiger partial charge in [0.25, 0.3) is 9.05 Å². The molecule has 5 aromatic rings. The predicted octanol–water partition coefficient (Wildman–Crippen LogP) is 10.3. The van der Waals surface area contributed by atoms with Crippen LogP contribution in [-0.2, 0) is 20.6 Å². The van der Waals surface area contributed by atoms with Crippen molar-refractivity contribution < 1.29 is 8.42 Å². The second kappa shape index (κ2) is 24.9. The third-order valence-electron chi connectivity index (χ3n) is 4.41. The van der Waals surface area contributed by atoms with Crippen LogP contribution < -0.4 is 0 Å². The van der Waals surface area contributed by atoms with E-state index in [0.29, 0.717) is 0 Å². The van der Waals surface area contributed by atoms with E-state index in [9.17, 15) is 8.42 Å². The minimum atomic E-state index is -3.64. The van der Waals surface area contributed by atoms with Gasteiger partial charge in [0, 0.05) is 40.8 Å². The fourth-order valence-electron chi connectivity index (χ4n) is 2.58. The van der Waals surface area contributed by atoms with Gasteiger partial charge in [0.1, 0.15) is 4.60 Å². The van der Waals surface area contributed by atoms with Crippen molar-refractivity contribution in [3.8, 4) is 0 Å². The zero-order valence-corrected chi connectivity index (χ0v) is 25.7. The molecule has 0 atom stereocenters. The molecule has 42 heavy (non-hydrogen) atoms. The van der Waals surface area contributed by atoms with Gasteiger partial charge in [-0.25, -0.2) is 23.4 Å². The molecule has 0 bridgehead atoms. The van der Waals surface area contributed by atoms with E-state index < -0.39 is 9.05 Å². The first kappa shape index (κ1) is 41.4. The SMILES string of the molecule is Brc1ccccn1.C.C.C.O=S(=O)(Cl)c1ccccn1.SCc1ccccc1.c1ccc(CSc2ccccn2)cc1. The van der Waals surface area contributed by atoms with Gasteiger partial charge >= 0.3 is 0 Å². The molecule has 3 heterocycles. The molecule has 5 nitrogen and oxygen atoms in total. The van der Waals surface area contributed by atoms with E-state index in [-0.39, 0.29) is 27.3 Å². The Balaban J connectivity index is 0. The van der Waals surface area contributed by atoms with E-state index in [2.05, 4.69) is 79.9 Å². The summed E-state index contributed by atoms with van der Waals surface area (Å²) in [5.41, 5.74) is 2.61. The van der Waals surface area contributed by atoms with Crippen molar-refractivity contribution in [2.75, 3.05) is 0 Å². The highest BCUT2D eigenvalue weighted by Crippen LogP contribution is 2.19. The van der Waals surface area contributed by atoms with Crippen molar-refractivity contribution in [1.82, 2.24) is 15.0 Å². The fourth-order valence-corrected chi connectivity index (χ4v) is 4.58. The van der Waals surface area contributed by atoms with Gasteiger partial charge < -0.3 is 0 Å². The molecule has 3 aromatic heterocycles. The number of hydrogen-bond acceptors (Lipinski definition) is 7. The molecule has 0 saturated carbocycles. The lowest BCUT2D eigenvalue weighted by Crippen LogP contribution is -1.92. The number of thioether (sulfide) groups is 1. The molecule has 0 aliphatic carbocycles. The molecule has 226 valence electrons. The van der Waals surface area contributed by atoms with Crippen molar-refractivity contribution >= 4 is 60.1 Å². The minimum absolute atomic E-state index is 0. The van der Waals surface area contributed by atoms with Gasteiger partial charge in [-0.05, 0) is 63.5 Å². The van der Waals surface area contributed by atoms with Crippen LogP contribution >= 0.6 is 51.0 Å². The molecule has 0 saturated heterocycles. The molecule has 2 aromatic carbocycles. The Morgan fingerprint density at radius 1 is 0.643 bits per heavy atom. The average molecular weight is 709 g/mol. The lowest BCUT2D eigenvalue weighted by atomic mass is 10.2. The van der Waals surface area contributed by atoms with Crippen LogP contribution in [-0.4, -0.2) is 23.4 Å². The van der Waals surface area contributed by atoms with E-state index in [0.717, 1.165) is 21.1 Å². The van der Waals surface area contributed by atoms with Crippen LogP contribution in [0.1, 0.15) is 33.4 Å². The Hall–Kier alpha value is -2.69. The van der Waals surface area contributed by atoms with Crippen LogP contribution in [0.2, 0.25) is 0 Å². The molecule has 10 heteroatoms. The van der Waals surface area contributed by atoms with Gasteiger partial charge in [0.2, 0.25) is 0 Å². The molecule has 0 amide bonds. The van der Waals surface area contributed by atoms with Crippen molar-refractivity contribution in [3.05, 3.63) is 150 Å². The van der Waals surface area contributed by atoms with Crippen LogP contribution in [0.3, 0.4) is 0 Å². The number of hydrogen-bond donors (Lipinski definition) is 1. The van der Waals surface area contributed by atoms with E-state index in [1.54, 1.807) is 30.1 Å². The summed E-state index contributed by atoms with van der Waals surface area (Å²) in [6, 6.07) is 36.8. The smallest absolute Gasteiger partial charge is 0.250 e. The maximum atomic E-state index is 10.5. The molecule has 5 rings (SSSR count). The number of thiol groups is 1. The Kier molecular flexibility index (Phi) is 24.5. The summed E-state index contributed by atoms with van der Waals surface area (Å²) in [6.07, 6.45) is 4.94. The van der Waals surface area contributed by atoms with Gasteiger partial charge in [-0.15, -0.1) is 11.8 Å². The largest absolute Gasteiger partial charge is 0.278 e. The third-order valence-corrected chi connectivity index (χ3v) is 7.47. The van der Waals surface area contributed by atoms with Crippen molar-refractivity contribution in [3.63, 3.8) is 0 Å². The maximum absolute atomic E-state index is 10.5. The van der Waals surface area contributed by atoms with Crippen LogP contribution in [0.5, 0.6) is 0 Å². The van der Waals surface area contributed by atoms with E-state index >= 15 is 0 Å². The summed E-state index contributed by atoms with van der Waals surface area (Å²) < 4.78 is 22.0. The van der Waals surface area contributed by atoms with Gasteiger partial charge in [0.15, 0.2) is 5.03 Å². The predicted molar refractivity (Wildman–Crippen MR) is 189 cm³/mol. The van der Waals surface area contributed by atoms with Crippen LogP contribution in [0.15, 0.2) is 149 Å². The first-order valence-electron chi connectivity index (χ1n) is 11.5. The van der Waals surface area contributed by atoms with Crippen molar-refractivity contribution in [1.29, 1.82) is 0 Å². The maximum Gasteiger partial charge on any atom is 0.278 e. The fraction of sp³-hybridized carbons (Fsp3) is 0.156. The Bertz CT molecular complexity index is 1370. The highest BCUT2D eigenvalue weighted by molar-refractivity contribution is 9.10. The molecule has 0 aliphatic heterocycles. The molecule has 0 fully saturated rings. The summed E-state index contributed by atoms with van der Waals surface area (Å²) in [4.78, 5) is 11.7. The average Bonchev–Trinajstić information content (AvgIpc) is 2.99. The molecular weight excluding hydrogens is 670 g/mol. The first-order valence-corrected chi connectivity index (χ1v) is 16.3. The lowest BCUT2D eigenvalue weighted by molar-refractivity contribution is 0.606. The summed E-state index contributed by atoms with van der Waals surface area (Å²) in [5, 5.41) is 0.966. The number of rotatable bonds is 5. The molecule has 0 radical (unpaired) electrons. The van der Waals surface area contributed by atoms with Crippen molar-refractivity contribution in [2.45, 2.75) is 43.8 Å². The molecule has 0 spiro atoms. The zero-order valence-electron chi connectivity index (χ0n) is 20.8. The van der Waals surface area contributed by atoms with Crippen LogP contribution in [0.25, 0.3) is 0 Å². The number of aromatic nitrogens is 3. The summed E-state index contributed by atoms with van der Waals surface area (Å²) in [5.74, 6) is 1.82. The number of benzene rings is 2. The number of halogens is 2. The second-order valence-electron chi connectivity index (χ2n) is 7.34. The van der Waals surface area contributed by atoms with Gasteiger partial charge in [-0.2, -0.15) is 12.6 Å². The third kappa shape index (κ3) is 19.4. The second-order valence-corrected chi connectivity index (χ2v) is 12.0. The van der Waals surface area contributed by atoms with Crippen molar-refractivity contribution in [2.24, 2.45) is 0 Å². The highest BCUT2D eigenvalue weighted by Gasteiger charge is 2.08. The van der Waals surface area contributed by atoms with Crippen LogP contribution in [0, 0.1) is 0 Å². The van der Waals surface area contributed by atoms with Gasteiger partial charge in [-0.1, -0.05) is 101 Å². The van der Waals surface area contributed by atoms with E-state index in [1.165, 1.54) is 23.4 Å². The quantitative estimate of drug-likeness (QED) is 0.0848.